The Kier molecular flexibility index (Phi) is 4.49. The molecule has 0 radical (unpaired) electrons. The highest BCUT2D eigenvalue weighted by atomic mass is 19.1. The lowest BCUT2D eigenvalue weighted by atomic mass is 9.79. The molecule has 4 heteroatoms. The molecule has 0 atom stereocenters. The van der Waals surface area contributed by atoms with E-state index in [1.165, 1.54) is 12.1 Å². The van der Waals surface area contributed by atoms with Crippen molar-refractivity contribution in [1.29, 1.82) is 5.26 Å². The van der Waals surface area contributed by atoms with E-state index in [4.69, 9.17) is 10.00 Å². The first-order valence-electron chi connectivity index (χ1n) is 6.53. The highest BCUT2D eigenvalue weighted by Crippen LogP contribution is 2.36. The molecule has 0 N–H and O–H groups in total. The Bertz CT molecular complexity index is 464. The van der Waals surface area contributed by atoms with E-state index in [1.807, 2.05) is 0 Å². The summed E-state index contributed by atoms with van der Waals surface area (Å²) in [5, 5.41) is 8.65. The molecule has 1 saturated carbocycles. The molecule has 0 amide bonds. The standard InChI is InChI=1S/C15H17F2NO/c1-19-9-10-2-4-11(5-3-10)12-6-14(16)13(8-18)15(17)7-12/h6-7,10-11H,2-5,9H2,1H3. The van der Waals surface area contributed by atoms with Gasteiger partial charge < -0.3 is 4.74 Å². The highest BCUT2D eigenvalue weighted by molar-refractivity contribution is 5.36. The van der Waals surface area contributed by atoms with Gasteiger partial charge >= 0.3 is 0 Å². The van der Waals surface area contributed by atoms with Crippen LogP contribution < -0.4 is 0 Å². The van der Waals surface area contributed by atoms with Gasteiger partial charge in [0.15, 0.2) is 0 Å². The number of nitrogens with zero attached hydrogens (tertiary/aromatic N) is 1. The summed E-state index contributed by atoms with van der Waals surface area (Å²) >= 11 is 0. The van der Waals surface area contributed by atoms with Crippen molar-refractivity contribution >= 4 is 0 Å². The first kappa shape index (κ1) is 14.0. The summed E-state index contributed by atoms with van der Waals surface area (Å²) in [6.07, 6.45) is 3.86. The number of halogens is 2. The predicted octanol–water partition coefficient (Wildman–Crippen LogP) is 3.76. The van der Waals surface area contributed by atoms with Gasteiger partial charge in [0.2, 0.25) is 0 Å². The summed E-state index contributed by atoms with van der Waals surface area (Å²) in [6, 6.07) is 4.17. The van der Waals surface area contributed by atoms with Crippen LogP contribution in [-0.2, 0) is 4.74 Å². The average Bonchev–Trinajstić information content (AvgIpc) is 2.39. The SMILES string of the molecule is COCC1CCC(c2cc(F)c(C#N)c(F)c2)CC1. The maximum Gasteiger partial charge on any atom is 0.144 e. The summed E-state index contributed by atoms with van der Waals surface area (Å²) < 4.78 is 32.3. The van der Waals surface area contributed by atoms with E-state index >= 15 is 0 Å². The molecule has 0 aliphatic heterocycles. The molecular weight excluding hydrogens is 248 g/mol. The van der Waals surface area contributed by atoms with E-state index in [1.54, 1.807) is 13.2 Å². The van der Waals surface area contributed by atoms with E-state index in [0.717, 1.165) is 32.3 Å². The Labute approximate surface area is 112 Å². The Morgan fingerprint density at radius 3 is 2.26 bits per heavy atom. The second-order valence-corrected chi connectivity index (χ2v) is 5.14. The second-order valence-electron chi connectivity index (χ2n) is 5.14. The van der Waals surface area contributed by atoms with Crippen molar-refractivity contribution in [3.8, 4) is 6.07 Å². The topological polar surface area (TPSA) is 33.0 Å². The molecule has 102 valence electrons. The quantitative estimate of drug-likeness (QED) is 0.833. The summed E-state index contributed by atoms with van der Waals surface area (Å²) in [5.74, 6) is -0.771. The van der Waals surface area contributed by atoms with E-state index in [2.05, 4.69) is 0 Å². The maximum atomic E-state index is 13.6. The minimum absolute atomic E-state index is 0.185. The van der Waals surface area contributed by atoms with Gasteiger partial charge in [-0.25, -0.2) is 8.78 Å². The molecule has 19 heavy (non-hydrogen) atoms. The van der Waals surface area contributed by atoms with Gasteiger partial charge in [0.05, 0.1) is 0 Å². The summed E-state index contributed by atoms with van der Waals surface area (Å²) in [7, 11) is 1.69. The summed E-state index contributed by atoms with van der Waals surface area (Å²) in [6.45, 7) is 0.753. The van der Waals surface area contributed by atoms with Crippen molar-refractivity contribution < 1.29 is 13.5 Å². The van der Waals surface area contributed by atoms with Gasteiger partial charge in [-0.2, -0.15) is 5.26 Å². The maximum absolute atomic E-state index is 13.6. The lowest BCUT2D eigenvalue weighted by Gasteiger charge is -2.28. The molecule has 1 aromatic rings. The Morgan fingerprint density at radius 2 is 1.79 bits per heavy atom. The van der Waals surface area contributed by atoms with Crippen LogP contribution in [0.25, 0.3) is 0 Å². The van der Waals surface area contributed by atoms with Crippen LogP contribution in [0.15, 0.2) is 12.1 Å². The first-order chi connectivity index (χ1) is 9.15. The molecule has 1 aliphatic carbocycles. The van der Waals surface area contributed by atoms with Crippen LogP contribution in [0.4, 0.5) is 8.78 Å². The number of hydrogen-bond donors (Lipinski definition) is 0. The number of rotatable bonds is 3. The number of nitriles is 1. The zero-order chi connectivity index (χ0) is 13.8. The third-order valence-corrected chi connectivity index (χ3v) is 3.90. The fraction of sp³-hybridized carbons (Fsp3) is 0.533. The van der Waals surface area contributed by atoms with Gasteiger partial charge in [0, 0.05) is 13.7 Å². The van der Waals surface area contributed by atoms with Crippen LogP contribution in [-0.4, -0.2) is 13.7 Å². The van der Waals surface area contributed by atoms with Crippen LogP contribution in [0.5, 0.6) is 0 Å². The molecule has 1 fully saturated rings. The molecule has 1 aromatic carbocycles. The van der Waals surface area contributed by atoms with Gasteiger partial charge in [-0.1, -0.05) is 0 Å². The molecule has 1 aliphatic rings. The predicted molar refractivity (Wildman–Crippen MR) is 67.6 cm³/mol. The average molecular weight is 265 g/mol. The van der Waals surface area contributed by atoms with Crippen molar-refractivity contribution in [1.82, 2.24) is 0 Å². The van der Waals surface area contributed by atoms with Gasteiger partial charge in [-0.15, -0.1) is 0 Å². The molecule has 2 nitrogen and oxygen atoms in total. The number of benzene rings is 1. The van der Waals surface area contributed by atoms with E-state index in [9.17, 15) is 8.78 Å². The van der Waals surface area contributed by atoms with E-state index in [-0.39, 0.29) is 5.92 Å². The molecule has 0 unspecified atom stereocenters. The Morgan fingerprint density at radius 1 is 1.21 bits per heavy atom. The second kappa shape index (κ2) is 6.12. The van der Waals surface area contributed by atoms with Gasteiger partial charge in [-0.3, -0.25) is 0 Å². The normalized spacial score (nSPS) is 23.1. The Hall–Kier alpha value is -1.47. The molecule has 0 bridgehead atoms. The molecule has 0 saturated heterocycles. The van der Waals surface area contributed by atoms with Crippen molar-refractivity contribution in [2.24, 2.45) is 5.92 Å². The fourth-order valence-corrected chi connectivity index (χ4v) is 2.83. The highest BCUT2D eigenvalue weighted by Gasteiger charge is 2.24. The largest absolute Gasteiger partial charge is 0.384 e. The van der Waals surface area contributed by atoms with Crippen molar-refractivity contribution in [3.05, 3.63) is 34.9 Å². The lowest BCUT2D eigenvalue weighted by molar-refractivity contribution is 0.127. The van der Waals surface area contributed by atoms with Gasteiger partial charge in [0.1, 0.15) is 23.3 Å². The molecule has 0 spiro atoms. The van der Waals surface area contributed by atoms with Crippen molar-refractivity contribution in [2.45, 2.75) is 31.6 Å². The van der Waals surface area contributed by atoms with Crippen molar-refractivity contribution in [3.63, 3.8) is 0 Å². The fourth-order valence-electron chi connectivity index (χ4n) is 2.83. The molecule has 0 aromatic heterocycles. The molecule has 2 rings (SSSR count). The van der Waals surface area contributed by atoms with Crippen LogP contribution in [0.2, 0.25) is 0 Å². The zero-order valence-electron chi connectivity index (χ0n) is 11.0. The zero-order valence-corrected chi connectivity index (χ0v) is 11.0. The van der Waals surface area contributed by atoms with Gasteiger partial charge in [-0.05, 0) is 55.2 Å². The smallest absolute Gasteiger partial charge is 0.144 e. The summed E-state index contributed by atoms with van der Waals surface area (Å²) in [5.41, 5.74) is 0.182. The number of ether oxygens (including phenoxy) is 1. The summed E-state index contributed by atoms with van der Waals surface area (Å²) in [4.78, 5) is 0. The minimum atomic E-state index is -0.753. The number of hydrogen-bond acceptors (Lipinski definition) is 2. The first-order valence-corrected chi connectivity index (χ1v) is 6.53. The molecular formula is C15H17F2NO. The van der Waals surface area contributed by atoms with Crippen LogP contribution in [0.1, 0.15) is 42.7 Å². The van der Waals surface area contributed by atoms with Crippen LogP contribution >= 0.6 is 0 Å². The van der Waals surface area contributed by atoms with Crippen LogP contribution in [0.3, 0.4) is 0 Å². The van der Waals surface area contributed by atoms with Gasteiger partial charge in [0.25, 0.3) is 0 Å². The third-order valence-electron chi connectivity index (χ3n) is 3.90. The monoisotopic (exact) mass is 265 g/mol. The Balaban J connectivity index is 2.10. The van der Waals surface area contributed by atoms with E-state index < -0.39 is 17.2 Å². The minimum Gasteiger partial charge on any atom is -0.384 e. The third kappa shape index (κ3) is 3.10. The van der Waals surface area contributed by atoms with E-state index in [0.29, 0.717) is 11.5 Å². The lowest BCUT2D eigenvalue weighted by Crippen LogP contribution is -2.17. The van der Waals surface area contributed by atoms with Crippen molar-refractivity contribution in [2.75, 3.05) is 13.7 Å². The molecule has 0 heterocycles. The number of methoxy groups -OCH3 is 1. The van der Waals surface area contributed by atoms with Crippen LogP contribution in [0, 0.1) is 28.9 Å².